The first-order chi connectivity index (χ1) is 15.2. The summed E-state index contributed by atoms with van der Waals surface area (Å²) in [6.07, 6.45) is 2.93. The van der Waals surface area contributed by atoms with Crippen molar-refractivity contribution in [3.05, 3.63) is 97.0 Å². The topological polar surface area (TPSA) is 93.5 Å². The van der Waals surface area contributed by atoms with Gasteiger partial charge in [-0.2, -0.15) is 0 Å². The SMILES string of the molecule is O=C(COc1ccccc1-c1ccccc1)NNC(=O)c1ccc(-c2cnco2)cc1. The maximum atomic E-state index is 12.3. The molecule has 0 bridgehead atoms. The van der Waals surface area contributed by atoms with Gasteiger partial charge in [0, 0.05) is 16.7 Å². The van der Waals surface area contributed by atoms with Crippen LogP contribution >= 0.6 is 0 Å². The summed E-state index contributed by atoms with van der Waals surface area (Å²) in [5.74, 6) is 0.267. The summed E-state index contributed by atoms with van der Waals surface area (Å²) in [4.78, 5) is 28.3. The van der Waals surface area contributed by atoms with Gasteiger partial charge in [-0.05, 0) is 23.8 Å². The molecule has 0 aliphatic carbocycles. The normalized spacial score (nSPS) is 10.3. The number of hydrogen-bond donors (Lipinski definition) is 2. The first kappa shape index (κ1) is 19.9. The van der Waals surface area contributed by atoms with Crippen molar-refractivity contribution in [1.29, 1.82) is 0 Å². The van der Waals surface area contributed by atoms with Crippen LogP contribution in [0, 0.1) is 0 Å². The molecule has 154 valence electrons. The van der Waals surface area contributed by atoms with E-state index in [1.165, 1.54) is 6.39 Å². The van der Waals surface area contributed by atoms with Gasteiger partial charge in [-0.15, -0.1) is 0 Å². The van der Waals surface area contributed by atoms with Gasteiger partial charge in [0.25, 0.3) is 11.8 Å². The summed E-state index contributed by atoms with van der Waals surface area (Å²) in [5, 5.41) is 0. The van der Waals surface area contributed by atoms with Crippen molar-refractivity contribution in [3.8, 4) is 28.2 Å². The Morgan fingerprint density at radius 1 is 0.839 bits per heavy atom. The Kier molecular flexibility index (Phi) is 6.04. The Labute approximate surface area is 178 Å². The highest BCUT2D eigenvalue weighted by molar-refractivity contribution is 5.95. The number of hydrogen-bond acceptors (Lipinski definition) is 5. The number of ether oxygens (including phenoxy) is 1. The molecule has 4 aromatic rings. The van der Waals surface area contributed by atoms with Crippen LogP contribution in [0.15, 0.2) is 95.9 Å². The van der Waals surface area contributed by atoms with Crippen LogP contribution in [0.4, 0.5) is 0 Å². The molecule has 1 heterocycles. The molecule has 0 saturated carbocycles. The first-order valence-corrected chi connectivity index (χ1v) is 9.56. The largest absolute Gasteiger partial charge is 0.483 e. The van der Waals surface area contributed by atoms with Gasteiger partial charge in [0.2, 0.25) is 0 Å². The lowest BCUT2D eigenvalue weighted by Gasteiger charge is -2.12. The highest BCUT2D eigenvalue weighted by Crippen LogP contribution is 2.29. The third-order valence-corrected chi connectivity index (χ3v) is 4.51. The van der Waals surface area contributed by atoms with Gasteiger partial charge in [-0.3, -0.25) is 20.4 Å². The zero-order chi connectivity index (χ0) is 21.5. The van der Waals surface area contributed by atoms with Gasteiger partial charge in [-0.1, -0.05) is 60.7 Å². The Balaban J connectivity index is 1.31. The Bertz CT molecular complexity index is 1160. The molecule has 1 aromatic heterocycles. The number of carbonyl (C=O) groups is 2. The molecule has 3 aromatic carbocycles. The Morgan fingerprint density at radius 3 is 2.32 bits per heavy atom. The van der Waals surface area contributed by atoms with E-state index in [-0.39, 0.29) is 6.61 Å². The van der Waals surface area contributed by atoms with Gasteiger partial charge >= 0.3 is 0 Å². The van der Waals surface area contributed by atoms with Crippen molar-refractivity contribution >= 4 is 11.8 Å². The van der Waals surface area contributed by atoms with E-state index >= 15 is 0 Å². The van der Waals surface area contributed by atoms with Crippen molar-refractivity contribution in [2.24, 2.45) is 0 Å². The lowest BCUT2D eigenvalue weighted by molar-refractivity contribution is -0.123. The van der Waals surface area contributed by atoms with Gasteiger partial charge in [0.05, 0.1) is 6.20 Å². The van der Waals surface area contributed by atoms with Crippen LogP contribution in [0.2, 0.25) is 0 Å². The molecule has 31 heavy (non-hydrogen) atoms. The molecule has 2 amide bonds. The molecule has 0 aliphatic rings. The average Bonchev–Trinajstić information content (AvgIpc) is 3.37. The quantitative estimate of drug-likeness (QED) is 0.469. The van der Waals surface area contributed by atoms with E-state index in [0.29, 0.717) is 17.1 Å². The van der Waals surface area contributed by atoms with Crippen molar-refractivity contribution in [2.45, 2.75) is 0 Å². The molecule has 0 aliphatic heterocycles. The molecule has 7 heteroatoms. The molecule has 0 radical (unpaired) electrons. The highest BCUT2D eigenvalue weighted by atomic mass is 16.5. The van der Waals surface area contributed by atoms with Crippen LogP contribution in [0.5, 0.6) is 5.75 Å². The summed E-state index contributed by atoms with van der Waals surface area (Å²) in [7, 11) is 0. The molecule has 0 atom stereocenters. The summed E-state index contributed by atoms with van der Waals surface area (Å²) in [6, 6.07) is 23.9. The third-order valence-electron chi connectivity index (χ3n) is 4.51. The summed E-state index contributed by atoms with van der Waals surface area (Å²) < 4.78 is 10.9. The fourth-order valence-electron chi connectivity index (χ4n) is 2.97. The minimum absolute atomic E-state index is 0.242. The molecule has 2 N–H and O–H groups in total. The molecule has 0 spiro atoms. The number of nitrogens with zero attached hydrogens (tertiary/aromatic N) is 1. The second-order valence-corrected chi connectivity index (χ2v) is 6.60. The molecule has 0 saturated heterocycles. The van der Waals surface area contributed by atoms with Crippen LogP contribution in [0.25, 0.3) is 22.5 Å². The van der Waals surface area contributed by atoms with E-state index in [1.807, 2.05) is 48.5 Å². The number of oxazole rings is 1. The van der Waals surface area contributed by atoms with Crippen molar-refractivity contribution < 1.29 is 18.7 Å². The molecular formula is C24H19N3O4. The van der Waals surface area contributed by atoms with E-state index in [0.717, 1.165) is 16.7 Å². The van der Waals surface area contributed by atoms with E-state index in [9.17, 15) is 9.59 Å². The summed E-state index contributed by atoms with van der Waals surface area (Å²) in [6.45, 7) is -0.242. The molecular weight excluding hydrogens is 394 g/mol. The maximum Gasteiger partial charge on any atom is 0.276 e. The number of rotatable bonds is 6. The van der Waals surface area contributed by atoms with Gasteiger partial charge in [0.1, 0.15) is 5.75 Å². The Morgan fingerprint density at radius 2 is 1.58 bits per heavy atom. The lowest BCUT2D eigenvalue weighted by atomic mass is 10.1. The minimum atomic E-state index is -0.477. The lowest BCUT2D eigenvalue weighted by Crippen LogP contribution is -2.43. The fraction of sp³-hybridized carbons (Fsp3) is 0.0417. The number of hydrazine groups is 1. The number of nitrogens with one attached hydrogen (secondary N) is 2. The summed E-state index contributed by atoms with van der Waals surface area (Å²) in [5.41, 5.74) is 7.79. The number of benzene rings is 3. The zero-order valence-electron chi connectivity index (χ0n) is 16.4. The van der Waals surface area contributed by atoms with E-state index < -0.39 is 11.8 Å². The first-order valence-electron chi connectivity index (χ1n) is 9.56. The van der Waals surface area contributed by atoms with Crippen LogP contribution in [0.1, 0.15) is 10.4 Å². The van der Waals surface area contributed by atoms with Gasteiger partial charge in [0.15, 0.2) is 18.8 Å². The monoisotopic (exact) mass is 413 g/mol. The standard InChI is InChI=1S/C24H19N3O4/c28-23(15-30-21-9-5-4-8-20(21)17-6-2-1-3-7-17)26-27-24(29)19-12-10-18(11-13-19)22-14-25-16-31-22/h1-14,16H,15H2,(H,26,28)(H,27,29). The molecule has 7 nitrogen and oxygen atoms in total. The van der Waals surface area contributed by atoms with Crippen molar-refractivity contribution in [3.63, 3.8) is 0 Å². The zero-order valence-corrected chi connectivity index (χ0v) is 16.4. The molecule has 0 unspecified atom stereocenters. The van der Waals surface area contributed by atoms with Crippen molar-refractivity contribution in [1.82, 2.24) is 15.8 Å². The second-order valence-electron chi connectivity index (χ2n) is 6.60. The smallest absolute Gasteiger partial charge is 0.276 e. The van der Waals surface area contributed by atoms with Crippen molar-refractivity contribution in [2.75, 3.05) is 6.61 Å². The number of carbonyl (C=O) groups excluding carboxylic acids is 2. The van der Waals surface area contributed by atoms with E-state index in [1.54, 1.807) is 36.5 Å². The predicted octanol–water partition coefficient (Wildman–Crippen LogP) is 3.85. The fourth-order valence-corrected chi connectivity index (χ4v) is 2.97. The average molecular weight is 413 g/mol. The van der Waals surface area contributed by atoms with E-state index in [4.69, 9.17) is 9.15 Å². The maximum absolute atomic E-state index is 12.3. The second kappa shape index (κ2) is 9.41. The number of aromatic nitrogens is 1. The van der Waals surface area contributed by atoms with Crippen LogP contribution in [-0.4, -0.2) is 23.4 Å². The minimum Gasteiger partial charge on any atom is -0.483 e. The Hall–Kier alpha value is -4.39. The third kappa shape index (κ3) is 4.97. The van der Waals surface area contributed by atoms with Crippen LogP contribution in [-0.2, 0) is 4.79 Å². The van der Waals surface area contributed by atoms with Gasteiger partial charge in [-0.25, -0.2) is 4.98 Å². The summed E-state index contributed by atoms with van der Waals surface area (Å²) >= 11 is 0. The number of para-hydroxylation sites is 1. The highest BCUT2D eigenvalue weighted by Gasteiger charge is 2.11. The predicted molar refractivity (Wildman–Crippen MR) is 115 cm³/mol. The van der Waals surface area contributed by atoms with E-state index in [2.05, 4.69) is 15.8 Å². The molecule has 4 rings (SSSR count). The van der Waals surface area contributed by atoms with Crippen LogP contribution < -0.4 is 15.6 Å². The van der Waals surface area contributed by atoms with Gasteiger partial charge < -0.3 is 9.15 Å². The van der Waals surface area contributed by atoms with Crippen LogP contribution in [0.3, 0.4) is 0 Å². The number of amides is 2. The molecule has 0 fully saturated rings.